The Labute approximate surface area is 161 Å². The minimum atomic E-state index is -4.67. The standard InChI is InChI=1S/C18H20F3N3O3S/c1-13(2)24(12-14-5-4-8-22-10-14)17(25)11-23-28(26,27)16-7-3-6-15(9-16)18(19,20)21/h3-10,13,23H,11-12H2,1-2H3. The number of sulfonamides is 1. The van der Waals surface area contributed by atoms with Crippen molar-refractivity contribution in [3.63, 3.8) is 0 Å². The van der Waals surface area contributed by atoms with Crippen LogP contribution in [0.3, 0.4) is 0 Å². The molecule has 0 saturated carbocycles. The second-order valence-electron chi connectivity index (χ2n) is 6.33. The maximum absolute atomic E-state index is 12.8. The lowest BCUT2D eigenvalue weighted by Crippen LogP contribution is -2.43. The zero-order chi connectivity index (χ0) is 20.9. The maximum atomic E-state index is 12.8. The highest BCUT2D eigenvalue weighted by molar-refractivity contribution is 7.89. The number of nitrogens with one attached hydrogen (secondary N) is 1. The molecule has 1 aromatic heterocycles. The summed E-state index contributed by atoms with van der Waals surface area (Å²) >= 11 is 0. The third kappa shape index (κ3) is 5.77. The zero-order valence-corrected chi connectivity index (χ0v) is 16.1. The molecule has 0 fully saturated rings. The topological polar surface area (TPSA) is 79.4 Å². The monoisotopic (exact) mass is 415 g/mol. The molecule has 152 valence electrons. The number of pyridine rings is 1. The van der Waals surface area contributed by atoms with E-state index in [-0.39, 0.29) is 12.6 Å². The van der Waals surface area contributed by atoms with Crippen molar-refractivity contribution in [1.82, 2.24) is 14.6 Å². The summed E-state index contributed by atoms with van der Waals surface area (Å²) in [6, 6.07) is 6.63. The Balaban J connectivity index is 2.11. The predicted molar refractivity (Wildman–Crippen MR) is 96.6 cm³/mol. The molecule has 0 atom stereocenters. The highest BCUT2D eigenvalue weighted by atomic mass is 32.2. The van der Waals surface area contributed by atoms with Gasteiger partial charge in [-0.1, -0.05) is 12.1 Å². The molecule has 2 rings (SSSR count). The number of benzene rings is 1. The number of alkyl halides is 3. The van der Waals surface area contributed by atoms with Gasteiger partial charge < -0.3 is 4.90 Å². The third-order valence-electron chi connectivity index (χ3n) is 3.90. The fourth-order valence-electron chi connectivity index (χ4n) is 2.43. The molecule has 0 bridgehead atoms. The van der Waals surface area contributed by atoms with E-state index in [1.165, 1.54) is 4.90 Å². The number of nitrogens with zero attached hydrogens (tertiary/aromatic N) is 2. The number of carbonyl (C=O) groups excluding carboxylic acids is 1. The fourth-order valence-corrected chi connectivity index (χ4v) is 3.45. The van der Waals surface area contributed by atoms with Crippen molar-refractivity contribution in [1.29, 1.82) is 0 Å². The minimum absolute atomic E-state index is 0.217. The fraction of sp³-hybridized carbons (Fsp3) is 0.333. The summed E-state index contributed by atoms with van der Waals surface area (Å²) < 4.78 is 65.1. The van der Waals surface area contributed by atoms with Crippen LogP contribution in [0, 0.1) is 0 Å². The number of halogens is 3. The van der Waals surface area contributed by atoms with Gasteiger partial charge >= 0.3 is 6.18 Å². The Morgan fingerprint density at radius 2 is 1.93 bits per heavy atom. The van der Waals surface area contributed by atoms with E-state index in [1.807, 2.05) is 0 Å². The van der Waals surface area contributed by atoms with Gasteiger partial charge in [0.2, 0.25) is 15.9 Å². The summed E-state index contributed by atoms with van der Waals surface area (Å²) in [4.78, 5) is 17.4. The molecule has 0 radical (unpaired) electrons. The van der Waals surface area contributed by atoms with Crippen molar-refractivity contribution in [2.45, 2.75) is 37.5 Å². The Hall–Kier alpha value is -2.46. The van der Waals surface area contributed by atoms with Gasteiger partial charge in [0, 0.05) is 25.0 Å². The van der Waals surface area contributed by atoms with Gasteiger partial charge in [0.15, 0.2) is 0 Å². The summed E-state index contributed by atoms with van der Waals surface area (Å²) in [5.41, 5.74) is -0.313. The summed E-state index contributed by atoms with van der Waals surface area (Å²) in [5, 5.41) is 0. The van der Waals surface area contributed by atoms with Gasteiger partial charge in [-0.25, -0.2) is 13.1 Å². The van der Waals surface area contributed by atoms with Gasteiger partial charge in [0.1, 0.15) is 0 Å². The molecule has 6 nitrogen and oxygen atoms in total. The van der Waals surface area contributed by atoms with Crippen LogP contribution in [-0.2, 0) is 27.5 Å². The van der Waals surface area contributed by atoms with Gasteiger partial charge in [0.05, 0.1) is 17.0 Å². The molecule has 10 heteroatoms. The van der Waals surface area contributed by atoms with Gasteiger partial charge in [-0.2, -0.15) is 13.2 Å². The van der Waals surface area contributed by atoms with Crippen molar-refractivity contribution in [2.75, 3.05) is 6.54 Å². The maximum Gasteiger partial charge on any atom is 0.416 e. The normalized spacial score (nSPS) is 12.2. The van der Waals surface area contributed by atoms with E-state index in [2.05, 4.69) is 9.71 Å². The lowest BCUT2D eigenvalue weighted by Gasteiger charge is -2.27. The second kappa shape index (κ2) is 8.70. The van der Waals surface area contributed by atoms with Crippen LogP contribution < -0.4 is 4.72 Å². The molecule has 1 amide bonds. The van der Waals surface area contributed by atoms with Crippen LogP contribution in [0.15, 0.2) is 53.7 Å². The zero-order valence-electron chi connectivity index (χ0n) is 15.3. The van der Waals surface area contributed by atoms with Crippen LogP contribution in [0.2, 0.25) is 0 Å². The lowest BCUT2D eigenvalue weighted by atomic mass is 10.2. The summed E-state index contributed by atoms with van der Waals surface area (Å²) in [7, 11) is -4.28. The molecule has 0 aliphatic carbocycles. The molecule has 28 heavy (non-hydrogen) atoms. The minimum Gasteiger partial charge on any atom is -0.335 e. The average molecular weight is 415 g/mol. The van der Waals surface area contributed by atoms with Crippen LogP contribution in [0.1, 0.15) is 25.0 Å². The summed E-state index contributed by atoms with van der Waals surface area (Å²) in [6.45, 7) is 3.21. The molecule has 2 aromatic rings. The first-order valence-electron chi connectivity index (χ1n) is 8.36. The number of rotatable bonds is 7. The van der Waals surface area contributed by atoms with Crippen LogP contribution in [0.25, 0.3) is 0 Å². The molecule has 1 N–H and O–H groups in total. The number of aromatic nitrogens is 1. The van der Waals surface area contributed by atoms with Gasteiger partial charge in [-0.3, -0.25) is 9.78 Å². The first-order valence-corrected chi connectivity index (χ1v) is 9.84. The molecule has 1 aromatic carbocycles. The molecule has 0 aliphatic rings. The predicted octanol–water partition coefficient (Wildman–Crippen LogP) is 2.82. The highest BCUT2D eigenvalue weighted by Gasteiger charge is 2.31. The summed E-state index contributed by atoms with van der Waals surface area (Å²) in [6.07, 6.45) is -1.48. The van der Waals surface area contributed by atoms with E-state index >= 15 is 0 Å². The van der Waals surface area contributed by atoms with E-state index in [1.54, 1.807) is 38.4 Å². The average Bonchev–Trinajstić information content (AvgIpc) is 2.64. The van der Waals surface area contributed by atoms with E-state index in [9.17, 15) is 26.4 Å². The lowest BCUT2D eigenvalue weighted by molar-refractivity contribution is -0.137. The first kappa shape index (κ1) is 21.8. The molecule has 1 heterocycles. The van der Waals surface area contributed by atoms with Crippen molar-refractivity contribution in [3.05, 3.63) is 59.9 Å². The largest absolute Gasteiger partial charge is 0.416 e. The van der Waals surface area contributed by atoms with E-state index < -0.39 is 39.1 Å². The van der Waals surface area contributed by atoms with Crippen molar-refractivity contribution < 1.29 is 26.4 Å². The molecule has 0 spiro atoms. The first-order chi connectivity index (χ1) is 13.0. The van der Waals surface area contributed by atoms with Gasteiger partial charge in [0.25, 0.3) is 0 Å². The Morgan fingerprint density at radius 1 is 1.21 bits per heavy atom. The van der Waals surface area contributed by atoms with E-state index in [0.29, 0.717) is 6.07 Å². The Bertz CT molecular complexity index is 916. The van der Waals surface area contributed by atoms with Gasteiger partial charge in [-0.05, 0) is 43.7 Å². The number of hydrogen-bond donors (Lipinski definition) is 1. The van der Waals surface area contributed by atoms with Crippen LogP contribution in [0.4, 0.5) is 13.2 Å². The van der Waals surface area contributed by atoms with Crippen molar-refractivity contribution in [3.8, 4) is 0 Å². The summed E-state index contributed by atoms with van der Waals surface area (Å²) in [5.74, 6) is -0.505. The van der Waals surface area contributed by atoms with Crippen molar-refractivity contribution in [2.24, 2.45) is 0 Å². The van der Waals surface area contributed by atoms with Gasteiger partial charge in [-0.15, -0.1) is 0 Å². The molecule has 0 aliphatic heterocycles. The van der Waals surface area contributed by atoms with Crippen LogP contribution in [-0.4, -0.2) is 36.8 Å². The molecular formula is C18H20F3N3O3S. The van der Waals surface area contributed by atoms with E-state index in [4.69, 9.17) is 0 Å². The number of hydrogen-bond acceptors (Lipinski definition) is 4. The molecule has 0 saturated heterocycles. The SMILES string of the molecule is CC(C)N(Cc1cccnc1)C(=O)CNS(=O)(=O)c1cccc(C(F)(F)F)c1. The van der Waals surface area contributed by atoms with Crippen molar-refractivity contribution >= 4 is 15.9 Å². The Morgan fingerprint density at radius 3 is 2.50 bits per heavy atom. The number of carbonyl (C=O) groups is 1. The number of amides is 1. The quantitative estimate of drug-likeness (QED) is 0.754. The van der Waals surface area contributed by atoms with Crippen LogP contribution >= 0.6 is 0 Å². The molecule has 0 unspecified atom stereocenters. The Kier molecular flexibility index (Phi) is 6.78. The van der Waals surface area contributed by atoms with E-state index in [0.717, 1.165) is 23.8 Å². The highest BCUT2D eigenvalue weighted by Crippen LogP contribution is 2.30. The molecular weight excluding hydrogens is 395 g/mol. The smallest absolute Gasteiger partial charge is 0.335 e. The third-order valence-corrected chi connectivity index (χ3v) is 5.30. The second-order valence-corrected chi connectivity index (χ2v) is 8.09. The van der Waals surface area contributed by atoms with Crippen LogP contribution in [0.5, 0.6) is 0 Å².